The summed E-state index contributed by atoms with van der Waals surface area (Å²) in [6.07, 6.45) is 22.6. The first kappa shape index (κ1) is 25.8. The van der Waals surface area contributed by atoms with Gasteiger partial charge in [0.2, 0.25) is 0 Å². The summed E-state index contributed by atoms with van der Waals surface area (Å²) < 4.78 is -0.183. The number of alkyl halides is 1. The maximum absolute atomic E-state index is 8.51. The summed E-state index contributed by atoms with van der Waals surface area (Å²) in [5.74, 6) is 1.66. The molecule has 0 aromatic carbocycles. The predicted molar refractivity (Wildman–Crippen MR) is 126 cm³/mol. The molecule has 2 aliphatic rings. The van der Waals surface area contributed by atoms with Crippen LogP contribution in [-0.4, -0.2) is 17.0 Å². The lowest BCUT2D eigenvalue weighted by Crippen LogP contribution is -2.02. The number of aliphatic hydroxyl groups is 1. The summed E-state index contributed by atoms with van der Waals surface area (Å²) in [5.41, 5.74) is 0. The third-order valence-electron chi connectivity index (χ3n) is 4.31. The first-order valence-electron chi connectivity index (χ1n) is 8.87. The Bertz CT molecular complexity index is 281. The van der Waals surface area contributed by atoms with Crippen molar-refractivity contribution in [1.82, 2.24) is 0 Å². The first-order valence-corrected chi connectivity index (χ1v) is 17.4. The molecule has 0 bridgehead atoms. The van der Waals surface area contributed by atoms with Crippen LogP contribution in [0.25, 0.3) is 0 Å². The fraction of sp³-hybridized carbons (Fsp3) is 0.778. The maximum atomic E-state index is 8.51. The molecule has 2 rings (SSSR count). The summed E-state index contributed by atoms with van der Waals surface area (Å²) in [6, 6.07) is 0. The van der Waals surface area contributed by atoms with Crippen LogP contribution in [0.4, 0.5) is 0 Å². The zero-order chi connectivity index (χ0) is 18.0. The quantitative estimate of drug-likeness (QED) is 0.191. The molecule has 2 aliphatic carbocycles. The van der Waals surface area contributed by atoms with Crippen molar-refractivity contribution >= 4 is 66.4 Å². The van der Waals surface area contributed by atoms with E-state index < -0.39 is 0 Å². The largest absolute Gasteiger partial charge is 0.392 e. The van der Waals surface area contributed by atoms with Crippen molar-refractivity contribution in [2.45, 2.75) is 64.2 Å². The van der Waals surface area contributed by atoms with E-state index in [0.717, 1.165) is 17.2 Å². The van der Waals surface area contributed by atoms with Gasteiger partial charge in [-0.2, -0.15) is 0 Å². The number of hydrogen-bond acceptors (Lipinski definition) is 1. The Morgan fingerprint density at radius 2 is 1.12 bits per heavy atom. The molecule has 0 saturated heterocycles. The lowest BCUT2D eigenvalue weighted by Gasteiger charge is -2.17. The van der Waals surface area contributed by atoms with E-state index in [9.17, 15) is 0 Å². The number of hydrogen-bond donors (Lipinski definition) is 1. The average molecular weight is 614 g/mol. The lowest BCUT2D eigenvalue weighted by molar-refractivity contribution is 0.339. The summed E-state index contributed by atoms with van der Waals surface area (Å²) in [6.45, 7) is 0.205. The topological polar surface area (TPSA) is 20.2 Å². The minimum absolute atomic E-state index is 0.183. The standard InChI is InChI=1S/C9H15Br.C9H16O.Br3P/c2*10-8-4-7-9-5-2-1-3-6-9;1-4(2)3/h4,7,9H,1-3,5-6,8H2;4,7,9-10H,1-3,5-6,8H2;/b2*7-4+;. The minimum atomic E-state index is -0.183. The highest BCUT2D eigenvalue weighted by Crippen LogP contribution is 2.59. The number of allylic oxidation sites excluding steroid dienone is 3. The third kappa shape index (κ3) is 18.6. The molecule has 142 valence electrons. The Balaban J connectivity index is 0.000000363. The molecule has 2 saturated carbocycles. The van der Waals surface area contributed by atoms with Gasteiger partial charge in [0.05, 0.1) is 6.61 Å². The van der Waals surface area contributed by atoms with Gasteiger partial charge in [0.25, 0.3) is 0 Å². The van der Waals surface area contributed by atoms with Crippen LogP contribution < -0.4 is 0 Å². The normalized spacial score (nSPS) is 19.9. The molecule has 0 unspecified atom stereocenters. The van der Waals surface area contributed by atoms with Crippen LogP contribution >= 0.6 is 66.4 Å². The van der Waals surface area contributed by atoms with Crippen LogP contribution in [-0.2, 0) is 0 Å². The molecule has 24 heavy (non-hydrogen) atoms. The smallest absolute Gasteiger partial charge is 0.103 e. The van der Waals surface area contributed by atoms with Crippen LogP contribution in [0.15, 0.2) is 24.3 Å². The molecule has 0 heterocycles. The lowest BCUT2D eigenvalue weighted by atomic mass is 9.89. The average Bonchev–Trinajstić information content (AvgIpc) is 2.60. The second kappa shape index (κ2) is 19.5. The van der Waals surface area contributed by atoms with Gasteiger partial charge in [-0.15, -0.1) is 0 Å². The molecule has 0 amide bonds. The molecule has 0 atom stereocenters. The Kier molecular flexibility index (Phi) is 21.0. The van der Waals surface area contributed by atoms with Crippen LogP contribution in [0.2, 0.25) is 0 Å². The minimum Gasteiger partial charge on any atom is -0.392 e. The molecule has 1 nitrogen and oxygen atoms in total. The van der Waals surface area contributed by atoms with Crippen molar-refractivity contribution in [2.75, 3.05) is 11.9 Å². The molecule has 0 radical (unpaired) electrons. The van der Waals surface area contributed by atoms with Crippen molar-refractivity contribution in [3.63, 3.8) is 0 Å². The molecule has 6 heteroatoms. The van der Waals surface area contributed by atoms with Gasteiger partial charge >= 0.3 is 0 Å². The van der Waals surface area contributed by atoms with Crippen LogP contribution in [0.5, 0.6) is 0 Å². The van der Waals surface area contributed by atoms with E-state index in [4.69, 9.17) is 5.11 Å². The number of halogens is 4. The van der Waals surface area contributed by atoms with E-state index in [-0.39, 0.29) is 10.6 Å². The van der Waals surface area contributed by atoms with E-state index in [1.165, 1.54) is 64.2 Å². The van der Waals surface area contributed by atoms with Crippen LogP contribution in [0, 0.1) is 11.8 Å². The second-order valence-corrected chi connectivity index (χ2v) is 22.2. The molecule has 2 fully saturated rings. The van der Waals surface area contributed by atoms with Crippen LogP contribution in [0.3, 0.4) is 0 Å². The zero-order valence-corrected chi connectivity index (χ0v) is 21.6. The van der Waals surface area contributed by atoms with Crippen molar-refractivity contribution < 1.29 is 5.11 Å². The zero-order valence-electron chi connectivity index (χ0n) is 14.4. The highest BCUT2D eigenvalue weighted by molar-refractivity contribution is 9.93. The Labute approximate surface area is 182 Å². The molecular formula is C18H31Br4OP. The number of rotatable bonds is 4. The molecule has 0 aliphatic heterocycles. The Hall–Kier alpha value is 1.79. The second-order valence-electron chi connectivity index (χ2n) is 6.18. The summed E-state index contributed by atoms with van der Waals surface area (Å²) in [4.78, 5) is 0. The van der Waals surface area contributed by atoms with Gasteiger partial charge in [0.1, 0.15) is 4.03 Å². The third-order valence-corrected chi connectivity index (χ3v) is 4.68. The molecular weight excluding hydrogens is 583 g/mol. The number of aliphatic hydroxyl groups excluding tert-OH is 1. The predicted octanol–water partition coefficient (Wildman–Crippen LogP) is 9.03. The fourth-order valence-electron chi connectivity index (χ4n) is 3.15. The summed E-state index contributed by atoms with van der Waals surface area (Å²) in [7, 11) is 0. The van der Waals surface area contributed by atoms with E-state index >= 15 is 0 Å². The fourth-order valence-corrected chi connectivity index (χ4v) is 3.37. The van der Waals surface area contributed by atoms with Gasteiger partial charge in [-0.05, 0) is 84.0 Å². The monoisotopic (exact) mass is 610 g/mol. The summed E-state index contributed by atoms with van der Waals surface area (Å²) in [5, 5.41) is 9.53. The molecule has 0 spiro atoms. The van der Waals surface area contributed by atoms with Crippen molar-refractivity contribution in [2.24, 2.45) is 11.8 Å². The van der Waals surface area contributed by atoms with Crippen LogP contribution in [0.1, 0.15) is 64.2 Å². The molecule has 0 aromatic heterocycles. The van der Waals surface area contributed by atoms with Gasteiger partial charge in [0.15, 0.2) is 0 Å². The molecule has 0 aromatic rings. The van der Waals surface area contributed by atoms with E-state index in [0.29, 0.717) is 0 Å². The van der Waals surface area contributed by atoms with Gasteiger partial charge < -0.3 is 5.11 Å². The summed E-state index contributed by atoms with van der Waals surface area (Å²) >= 11 is 12.9. The van der Waals surface area contributed by atoms with E-state index in [1.807, 2.05) is 6.08 Å². The van der Waals surface area contributed by atoms with Crippen molar-refractivity contribution in [3.8, 4) is 0 Å². The van der Waals surface area contributed by atoms with Crippen molar-refractivity contribution in [3.05, 3.63) is 24.3 Å². The SMILES string of the molecule is BrC/C=C/C1CCCCC1.BrP(Br)Br.OC/C=C/C1CCCCC1. The van der Waals surface area contributed by atoms with Gasteiger partial charge in [-0.3, -0.25) is 0 Å². The Morgan fingerprint density at radius 3 is 1.46 bits per heavy atom. The molecule has 1 N–H and O–H groups in total. The maximum Gasteiger partial charge on any atom is 0.103 e. The van der Waals surface area contributed by atoms with E-state index in [2.05, 4.69) is 80.6 Å². The van der Waals surface area contributed by atoms with E-state index in [1.54, 1.807) is 0 Å². The van der Waals surface area contributed by atoms with Gasteiger partial charge in [0, 0.05) is 5.33 Å². The first-order chi connectivity index (χ1) is 11.6. The van der Waals surface area contributed by atoms with Crippen molar-refractivity contribution in [1.29, 1.82) is 0 Å². The highest BCUT2D eigenvalue weighted by Gasteiger charge is 2.09. The highest BCUT2D eigenvalue weighted by atomic mass is 80.0. The van der Waals surface area contributed by atoms with Gasteiger partial charge in [-0.25, -0.2) is 0 Å². The Morgan fingerprint density at radius 1 is 0.750 bits per heavy atom. The van der Waals surface area contributed by atoms with Gasteiger partial charge in [-0.1, -0.05) is 78.8 Å².